The topological polar surface area (TPSA) is 123 Å². The zero-order chi connectivity index (χ0) is 31.8. The molecule has 2 unspecified atom stereocenters. The number of hydrogen-bond donors (Lipinski definition) is 2. The molecule has 5 rings (SSSR count). The lowest BCUT2D eigenvalue weighted by atomic mass is 9.68. The van der Waals surface area contributed by atoms with E-state index in [1.807, 2.05) is 31.2 Å². The van der Waals surface area contributed by atoms with Crippen LogP contribution in [0.2, 0.25) is 0 Å². The first-order chi connectivity index (χ1) is 21.9. The predicted molar refractivity (Wildman–Crippen MR) is 174 cm³/mol. The number of ether oxygens (including phenoxy) is 4. The second-order valence-corrected chi connectivity index (χ2v) is 11.0. The fraction of sp³-hybridized carbons (Fsp3) is 0.278. The van der Waals surface area contributed by atoms with Crippen molar-refractivity contribution in [1.82, 2.24) is 0 Å². The van der Waals surface area contributed by atoms with Gasteiger partial charge in [-0.2, -0.15) is 0 Å². The van der Waals surface area contributed by atoms with E-state index in [1.54, 1.807) is 0 Å². The van der Waals surface area contributed by atoms with Crippen molar-refractivity contribution in [3.63, 3.8) is 0 Å². The molecule has 0 amide bonds. The fourth-order valence-corrected chi connectivity index (χ4v) is 5.97. The van der Waals surface area contributed by atoms with E-state index in [0.717, 1.165) is 11.1 Å². The normalized spacial score (nSPS) is 14.0. The molecule has 1 aliphatic rings. The van der Waals surface area contributed by atoms with Crippen LogP contribution in [0, 0.1) is 0 Å². The van der Waals surface area contributed by atoms with Crippen LogP contribution in [0.3, 0.4) is 0 Å². The maximum atomic E-state index is 11.7. The Balaban J connectivity index is 1.48. The number of alkyl halides is 1. The molecule has 4 N–H and O–H groups in total. The molecule has 9 heteroatoms. The SMILES string of the molecule is CCC(COc1ccc(C2(c3ccc(OCC(CCl)OC(=O)CN)cc3)c3ccccc3-c3ccccc32)cc1)OC(=O)CN. The van der Waals surface area contributed by atoms with Crippen LogP contribution in [0.5, 0.6) is 11.5 Å². The van der Waals surface area contributed by atoms with Crippen LogP contribution in [0.15, 0.2) is 97.1 Å². The largest absolute Gasteiger partial charge is 0.490 e. The monoisotopic (exact) mass is 628 g/mol. The molecule has 4 aromatic carbocycles. The van der Waals surface area contributed by atoms with Gasteiger partial charge in [0.05, 0.1) is 24.4 Å². The van der Waals surface area contributed by atoms with Crippen molar-refractivity contribution in [3.8, 4) is 22.6 Å². The minimum absolute atomic E-state index is 0.0954. The van der Waals surface area contributed by atoms with Gasteiger partial charge in [0.15, 0.2) is 0 Å². The summed E-state index contributed by atoms with van der Waals surface area (Å²) in [5.74, 6) is 0.405. The van der Waals surface area contributed by atoms with Crippen molar-refractivity contribution in [3.05, 3.63) is 119 Å². The van der Waals surface area contributed by atoms with Crippen LogP contribution < -0.4 is 20.9 Å². The highest BCUT2D eigenvalue weighted by Gasteiger charge is 2.45. The van der Waals surface area contributed by atoms with Crippen LogP contribution in [-0.2, 0) is 24.5 Å². The maximum absolute atomic E-state index is 11.7. The number of hydrogen-bond acceptors (Lipinski definition) is 8. The van der Waals surface area contributed by atoms with Crippen LogP contribution >= 0.6 is 11.6 Å². The van der Waals surface area contributed by atoms with Crippen molar-refractivity contribution in [2.45, 2.75) is 31.0 Å². The third-order valence-electron chi connectivity index (χ3n) is 7.96. The van der Waals surface area contributed by atoms with Crippen LogP contribution in [0.25, 0.3) is 11.1 Å². The minimum atomic E-state index is -0.609. The number of carbonyl (C=O) groups is 2. The van der Waals surface area contributed by atoms with E-state index in [1.165, 1.54) is 22.3 Å². The number of fused-ring (bicyclic) bond motifs is 3. The number of nitrogens with two attached hydrogens (primary N) is 2. The molecule has 8 nitrogen and oxygen atoms in total. The molecule has 0 aromatic heterocycles. The summed E-state index contributed by atoms with van der Waals surface area (Å²) in [7, 11) is 0. The molecule has 234 valence electrons. The van der Waals surface area contributed by atoms with E-state index in [4.69, 9.17) is 42.0 Å². The molecule has 1 aliphatic carbocycles. The summed E-state index contributed by atoms with van der Waals surface area (Å²) in [6, 6.07) is 33.0. The molecule has 0 radical (unpaired) electrons. The Kier molecular flexibility index (Phi) is 10.4. The average molecular weight is 629 g/mol. The molecule has 0 spiro atoms. The summed E-state index contributed by atoms with van der Waals surface area (Å²) in [6.45, 7) is 1.89. The molecule has 0 saturated heterocycles. The summed E-state index contributed by atoms with van der Waals surface area (Å²) in [6.07, 6.45) is -0.372. The van der Waals surface area contributed by atoms with Gasteiger partial charge in [-0.15, -0.1) is 11.6 Å². The summed E-state index contributed by atoms with van der Waals surface area (Å²) in [4.78, 5) is 23.3. The van der Waals surface area contributed by atoms with Gasteiger partial charge in [-0.1, -0.05) is 79.7 Å². The van der Waals surface area contributed by atoms with E-state index < -0.39 is 23.5 Å². The quantitative estimate of drug-likeness (QED) is 0.127. The first-order valence-corrected chi connectivity index (χ1v) is 15.5. The van der Waals surface area contributed by atoms with Crippen LogP contribution in [0.1, 0.15) is 35.6 Å². The zero-order valence-corrected chi connectivity index (χ0v) is 25.9. The van der Waals surface area contributed by atoms with E-state index in [-0.39, 0.29) is 38.3 Å². The standard InChI is InChI=1S/C36H37ClN2O6/c1-2-26(44-34(40)20-38)22-42-27-15-11-24(12-16-27)36(32-9-5-3-7-30(32)31-8-4-6-10-33(31)36)25-13-17-28(18-14-25)43-23-29(19-37)45-35(41)21-39/h3-18,26,29H,2,19-23,38-39H2,1H3. The van der Waals surface area contributed by atoms with Gasteiger partial charge in [0, 0.05) is 0 Å². The minimum Gasteiger partial charge on any atom is -0.490 e. The van der Waals surface area contributed by atoms with E-state index in [9.17, 15) is 9.59 Å². The van der Waals surface area contributed by atoms with Gasteiger partial charge in [0.1, 0.15) is 36.9 Å². The van der Waals surface area contributed by atoms with Crippen molar-refractivity contribution >= 4 is 23.5 Å². The molecule has 4 aromatic rings. The van der Waals surface area contributed by atoms with Gasteiger partial charge in [-0.25, -0.2) is 0 Å². The van der Waals surface area contributed by atoms with Gasteiger partial charge in [0.2, 0.25) is 0 Å². The molecular weight excluding hydrogens is 592 g/mol. The van der Waals surface area contributed by atoms with Gasteiger partial charge < -0.3 is 30.4 Å². The highest BCUT2D eigenvalue weighted by Crippen LogP contribution is 2.56. The first-order valence-electron chi connectivity index (χ1n) is 15.0. The lowest BCUT2D eigenvalue weighted by Crippen LogP contribution is -2.30. The molecule has 0 heterocycles. The molecule has 2 atom stereocenters. The molecule has 0 fully saturated rings. The summed E-state index contributed by atoms with van der Waals surface area (Å²) in [5.41, 5.74) is 17.0. The second kappa shape index (κ2) is 14.6. The maximum Gasteiger partial charge on any atom is 0.320 e. The summed E-state index contributed by atoms with van der Waals surface area (Å²) in [5, 5.41) is 0. The number of esters is 2. The van der Waals surface area contributed by atoms with Crippen LogP contribution in [-0.4, -0.2) is 56.3 Å². The van der Waals surface area contributed by atoms with Gasteiger partial charge in [-0.05, 0) is 64.1 Å². The van der Waals surface area contributed by atoms with E-state index in [2.05, 4.69) is 72.8 Å². The van der Waals surface area contributed by atoms with Gasteiger partial charge in [-0.3, -0.25) is 9.59 Å². The molecule has 0 saturated carbocycles. The Morgan fingerprint density at radius 2 is 1.09 bits per heavy atom. The lowest BCUT2D eigenvalue weighted by Gasteiger charge is -2.34. The van der Waals surface area contributed by atoms with Gasteiger partial charge >= 0.3 is 11.9 Å². The Hall–Kier alpha value is -4.37. The number of rotatable bonds is 14. The van der Waals surface area contributed by atoms with E-state index in [0.29, 0.717) is 17.9 Å². The first kappa shape index (κ1) is 32.0. The molecule has 45 heavy (non-hydrogen) atoms. The fourth-order valence-electron chi connectivity index (χ4n) is 5.82. The third kappa shape index (κ3) is 6.68. The second-order valence-electron chi connectivity index (χ2n) is 10.7. The summed E-state index contributed by atoms with van der Waals surface area (Å²) < 4.78 is 22.6. The third-order valence-corrected chi connectivity index (χ3v) is 8.30. The highest BCUT2D eigenvalue weighted by molar-refractivity contribution is 6.18. The van der Waals surface area contributed by atoms with Crippen molar-refractivity contribution in [2.24, 2.45) is 11.5 Å². The number of halogens is 1. The molecule has 0 bridgehead atoms. The lowest BCUT2D eigenvalue weighted by molar-refractivity contribution is -0.149. The van der Waals surface area contributed by atoms with Gasteiger partial charge in [0.25, 0.3) is 0 Å². The van der Waals surface area contributed by atoms with E-state index >= 15 is 0 Å². The summed E-state index contributed by atoms with van der Waals surface area (Å²) >= 11 is 5.98. The number of carbonyl (C=O) groups excluding carboxylic acids is 2. The molecular formula is C36H37ClN2O6. The Morgan fingerprint density at radius 3 is 1.51 bits per heavy atom. The van der Waals surface area contributed by atoms with Crippen LogP contribution in [0.4, 0.5) is 0 Å². The average Bonchev–Trinajstić information content (AvgIpc) is 3.39. The smallest absolute Gasteiger partial charge is 0.320 e. The predicted octanol–water partition coefficient (Wildman–Crippen LogP) is 5.20. The van der Waals surface area contributed by atoms with Crippen molar-refractivity contribution in [2.75, 3.05) is 32.2 Å². The Labute approximate surface area is 268 Å². The molecule has 0 aliphatic heterocycles. The number of benzene rings is 4. The van der Waals surface area contributed by atoms with Crippen molar-refractivity contribution in [1.29, 1.82) is 0 Å². The highest BCUT2D eigenvalue weighted by atomic mass is 35.5. The Morgan fingerprint density at radius 1 is 0.667 bits per heavy atom. The Bertz CT molecular complexity index is 1490. The van der Waals surface area contributed by atoms with Crippen molar-refractivity contribution < 1.29 is 28.5 Å². The zero-order valence-electron chi connectivity index (χ0n) is 25.1.